The predicted octanol–water partition coefficient (Wildman–Crippen LogP) is 3.14. The summed E-state index contributed by atoms with van der Waals surface area (Å²) >= 11 is 6.04. The molecule has 2 amide bonds. The van der Waals surface area contributed by atoms with Crippen LogP contribution < -0.4 is 20.5 Å². The second-order valence-electron chi connectivity index (χ2n) is 5.82. The summed E-state index contributed by atoms with van der Waals surface area (Å²) in [7, 11) is 2.83. The van der Waals surface area contributed by atoms with Crippen LogP contribution in [0.4, 0.5) is 11.4 Å². The van der Waals surface area contributed by atoms with Gasteiger partial charge in [0.15, 0.2) is 5.78 Å². The predicted molar refractivity (Wildman–Crippen MR) is 107 cm³/mol. The highest BCUT2D eigenvalue weighted by molar-refractivity contribution is 6.32. The van der Waals surface area contributed by atoms with Gasteiger partial charge in [-0.05, 0) is 31.2 Å². The number of Topliss-reactive ketones (excluding diaryl/α,β-unsaturated/α-hetero) is 1. The number of carbonyl (C=O) groups is 3. The van der Waals surface area contributed by atoms with Gasteiger partial charge in [0, 0.05) is 17.7 Å². The molecule has 0 radical (unpaired) electrons. The van der Waals surface area contributed by atoms with Crippen LogP contribution in [0.5, 0.6) is 11.5 Å². The Balaban J connectivity index is 2.24. The molecule has 0 aliphatic heterocycles. The minimum Gasteiger partial charge on any atom is -0.495 e. The summed E-state index contributed by atoms with van der Waals surface area (Å²) in [5, 5.41) is 10.6. The average molecular weight is 419 g/mol. The number of hydrogen-bond acceptors (Lipinski definition) is 7. The third-order valence-corrected chi connectivity index (χ3v) is 4.10. The highest BCUT2D eigenvalue weighted by Crippen LogP contribution is 2.36. The zero-order valence-corrected chi connectivity index (χ0v) is 16.7. The molecule has 1 atom stereocenters. The van der Waals surface area contributed by atoms with Crippen LogP contribution >= 0.6 is 11.6 Å². The third kappa shape index (κ3) is 5.52. The van der Waals surface area contributed by atoms with Crippen molar-refractivity contribution >= 4 is 40.6 Å². The SMILES string of the molecule is COc1cc(NC(=O)C(N=Nc2ccc(C(N)=O)cc2)C(C)=O)c(OC)cc1Cl. The number of ketones is 1. The molecule has 1 unspecified atom stereocenters. The summed E-state index contributed by atoms with van der Waals surface area (Å²) in [4.78, 5) is 35.6. The Morgan fingerprint density at radius 1 is 1.07 bits per heavy atom. The van der Waals surface area contributed by atoms with E-state index in [9.17, 15) is 14.4 Å². The van der Waals surface area contributed by atoms with Crippen molar-refractivity contribution in [2.75, 3.05) is 19.5 Å². The number of amides is 2. The van der Waals surface area contributed by atoms with Crippen LogP contribution in [-0.2, 0) is 9.59 Å². The summed E-state index contributed by atoms with van der Waals surface area (Å²) < 4.78 is 10.3. The van der Waals surface area contributed by atoms with Gasteiger partial charge >= 0.3 is 0 Å². The zero-order chi connectivity index (χ0) is 21.6. The summed E-state index contributed by atoms with van der Waals surface area (Å²) in [5.41, 5.74) is 6.08. The summed E-state index contributed by atoms with van der Waals surface area (Å²) in [6, 6.07) is 7.46. The van der Waals surface area contributed by atoms with E-state index in [1.165, 1.54) is 57.5 Å². The maximum Gasteiger partial charge on any atom is 0.258 e. The van der Waals surface area contributed by atoms with Crippen molar-refractivity contribution in [2.45, 2.75) is 13.0 Å². The maximum absolute atomic E-state index is 12.6. The number of methoxy groups -OCH3 is 2. The van der Waals surface area contributed by atoms with Gasteiger partial charge in [-0.25, -0.2) is 0 Å². The second kappa shape index (κ2) is 9.65. The first kappa shape index (κ1) is 21.8. The molecule has 29 heavy (non-hydrogen) atoms. The lowest BCUT2D eigenvalue weighted by atomic mass is 10.2. The molecule has 0 saturated carbocycles. The first-order chi connectivity index (χ1) is 13.8. The van der Waals surface area contributed by atoms with E-state index in [0.717, 1.165) is 0 Å². The number of nitrogens with two attached hydrogens (primary N) is 1. The highest BCUT2D eigenvalue weighted by Gasteiger charge is 2.25. The number of azo groups is 1. The largest absolute Gasteiger partial charge is 0.495 e. The fraction of sp³-hybridized carbons (Fsp3) is 0.211. The van der Waals surface area contributed by atoms with Gasteiger partial charge in [0.1, 0.15) is 11.5 Å². The van der Waals surface area contributed by atoms with Crippen LogP contribution in [0.2, 0.25) is 5.02 Å². The zero-order valence-electron chi connectivity index (χ0n) is 15.9. The lowest BCUT2D eigenvalue weighted by molar-refractivity contribution is -0.126. The molecule has 0 spiro atoms. The Kier molecular flexibility index (Phi) is 7.27. The molecule has 0 aromatic heterocycles. The molecular formula is C19H19ClN4O5. The fourth-order valence-electron chi connectivity index (χ4n) is 2.29. The molecule has 0 aliphatic carbocycles. The molecular weight excluding hydrogens is 400 g/mol. The first-order valence-corrected chi connectivity index (χ1v) is 8.68. The summed E-state index contributed by atoms with van der Waals surface area (Å²) in [6.45, 7) is 1.22. The minimum absolute atomic E-state index is 0.256. The first-order valence-electron chi connectivity index (χ1n) is 8.30. The van der Waals surface area contributed by atoms with Gasteiger partial charge in [-0.1, -0.05) is 11.6 Å². The molecule has 0 heterocycles. The van der Waals surface area contributed by atoms with E-state index in [2.05, 4.69) is 15.5 Å². The van der Waals surface area contributed by atoms with Crippen LogP contribution in [0.25, 0.3) is 0 Å². The normalized spacial score (nSPS) is 11.7. The Hall–Kier alpha value is -3.46. The minimum atomic E-state index is -1.39. The van der Waals surface area contributed by atoms with E-state index in [0.29, 0.717) is 22.0 Å². The number of anilines is 1. The van der Waals surface area contributed by atoms with Crippen molar-refractivity contribution in [1.29, 1.82) is 0 Å². The van der Waals surface area contributed by atoms with Crippen molar-refractivity contribution in [3.05, 3.63) is 47.0 Å². The second-order valence-corrected chi connectivity index (χ2v) is 6.22. The molecule has 2 aromatic carbocycles. The maximum atomic E-state index is 12.6. The number of benzene rings is 2. The van der Waals surface area contributed by atoms with Gasteiger partial charge < -0.3 is 20.5 Å². The Morgan fingerprint density at radius 2 is 1.69 bits per heavy atom. The molecule has 0 bridgehead atoms. The van der Waals surface area contributed by atoms with Gasteiger partial charge in [0.25, 0.3) is 5.91 Å². The van der Waals surface area contributed by atoms with E-state index in [1.807, 2.05) is 0 Å². The molecule has 0 aliphatic rings. The van der Waals surface area contributed by atoms with E-state index in [4.69, 9.17) is 26.8 Å². The smallest absolute Gasteiger partial charge is 0.258 e. The molecule has 2 rings (SSSR count). The molecule has 152 valence electrons. The average Bonchev–Trinajstić information content (AvgIpc) is 2.69. The van der Waals surface area contributed by atoms with Gasteiger partial charge in [0.2, 0.25) is 11.9 Å². The van der Waals surface area contributed by atoms with Crippen LogP contribution in [0, 0.1) is 0 Å². The monoisotopic (exact) mass is 418 g/mol. The fourth-order valence-corrected chi connectivity index (χ4v) is 2.53. The number of hydrogen-bond donors (Lipinski definition) is 2. The molecule has 2 aromatic rings. The number of carbonyl (C=O) groups excluding carboxylic acids is 3. The number of rotatable bonds is 8. The number of halogens is 1. The molecule has 0 saturated heterocycles. The van der Waals surface area contributed by atoms with E-state index in [-0.39, 0.29) is 11.4 Å². The van der Waals surface area contributed by atoms with Gasteiger partial charge in [-0.3, -0.25) is 14.4 Å². The molecule has 0 fully saturated rings. The Labute approximate surface area is 171 Å². The molecule has 9 nitrogen and oxygen atoms in total. The van der Waals surface area contributed by atoms with Crippen molar-refractivity contribution in [2.24, 2.45) is 16.0 Å². The highest BCUT2D eigenvalue weighted by atomic mass is 35.5. The van der Waals surface area contributed by atoms with Gasteiger partial charge in [-0.15, -0.1) is 0 Å². The van der Waals surface area contributed by atoms with Crippen molar-refractivity contribution in [3.8, 4) is 11.5 Å². The standard InChI is InChI=1S/C19H19ClN4O5/c1-10(25)17(24-23-12-6-4-11(5-7-12)18(21)26)19(27)22-14-9-15(28-2)13(20)8-16(14)29-3/h4-9,17H,1-3H3,(H2,21,26)(H,22,27). The van der Waals surface area contributed by atoms with Crippen molar-refractivity contribution in [1.82, 2.24) is 0 Å². The van der Waals surface area contributed by atoms with E-state index in [1.54, 1.807) is 0 Å². The van der Waals surface area contributed by atoms with Crippen LogP contribution in [0.3, 0.4) is 0 Å². The quantitative estimate of drug-likeness (QED) is 0.502. The number of nitrogens with one attached hydrogen (secondary N) is 1. The number of ether oxygens (including phenoxy) is 2. The van der Waals surface area contributed by atoms with Crippen LogP contribution in [-0.4, -0.2) is 37.9 Å². The van der Waals surface area contributed by atoms with Crippen LogP contribution in [0.15, 0.2) is 46.6 Å². The van der Waals surface area contributed by atoms with Crippen molar-refractivity contribution in [3.63, 3.8) is 0 Å². The molecule has 10 heteroatoms. The lowest BCUT2D eigenvalue weighted by Gasteiger charge is -2.14. The summed E-state index contributed by atoms with van der Waals surface area (Å²) in [6.07, 6.45) is 0. The Morgan fingerprint density at radius 3 is 2.21 bits per heavy atom. The third-order valence-electron chi connectivity index (χ3n) is 3.81. The van der Waals surface area contributed by atoms with E-state index < -0.39 is 23.6 Å². The Bertz CT molecular complexity index is 960. The topological polar surface area (TPSA) is 132 Å². The van der Waals surface area contributed by atoms with Crippen molar-refractivity contribution < 1.29 is 23.9 Å². The molecule has 3 N–H and O–H groups in total. The summed E-state index contributed by atoms with van der Waals surface area (Å²) in [5.74, 6) is -1.21. The number of primary amides is 1. The van der Waals surface area contributed by atoms with E-state index >= 15 is 0 Å². The van der Waals surface area contributed by atoms with Gasteiger partial charge in [0.05, 0.1) is 30.6 Å². The van der Waals surface area contributed by atoms with Crippen LogP contribution in [0.1, 0.15) is 17.3 Å². The number of nitrogens with zero attached hydrogens (tertiary/aromatic N) is 2. The lowest BCUT2D eigenvalue weighted by Crippen LogP contribution is -2.32. The van der Waals surface area contributed by atoms with Gasteiger partial charge in [-0.2, -0.15) is 10.2 Å².